The fourth-order valence-electron chi connectivity index (χ4n) is 2.37. The molecular weight excluding hydrogens is 350 g/mol. The summed E-state index contributed by atoms with van der Waals surface area (Å²) in [7, 11) is 0. The van der Waals surface area contributed by atoms with E-state index in [9.17, 15) is 9.59 Å². The van der Waals surface area contributed by atoms with E-state index in [1.54, 1.807) is 6.08 Å². The zero-order valence-electron chi connectivity index (χ0n) is 16.7. The molecular formula is C20H39NO6. The Balaban J connectivity index is 0. The summed E-state index contributed by atoms with van der Waals surface area (Å²) < 4.78 is 0. The van der Waals surface area contributed by atoms with Gasteiger partial charge in [-0.1, -0.05) is 64.0 Å². The van der Waals surface area contributed by atoms with E-state index in [1.165, 1.54) is 44.6 Å². The van der Waals surface area contributed by atoms with Crippen molar-refractivity contribution < 1.29 is 30.0 Å². The fourth-order valence-corrected chi connectivity index (χ4v) is 2.37. The quantitative estimate of drug-likeness (QED) is 0.191. The van der Waals surface area contributed by atoms with Crippen molar-refractivity contribution in [2.75, 3.05) is 26.3 Å². The van der Waals surface area contributed by atoms with Crippen molar-refractivity contribution in [3.63, 3.8) is 0 Å². The largest absolute Gasteiger partial charge is 0.481 e. The van der Waals surface area contributed by atoms with Gasteiger partial charge in [-0.15, -0.1) is 0 Å². The highest BCUT2D eigenvalue weighted by Crippen LogP contribution is 2.11. The Morgan fingerprint density at radius 2 is 1.41 bits per heavy atom. The van der Waals surface area contributed by atoms with Gasteiger partial charge in [0, 0.05) is 13.1 Å². The third-order valence-electron chi connectivity index (χ3n) is 3.88. The zero-order valence-corrected chi connectivity index (χ0v) is 16.7. The summed E-state index contributed by atoms with van der Waals surface area (Å²) in [5.41, 5.74) is 0. The van der Waals surface area contributed by atoms with Gasteiger partial charge in [-0.3, -0.25) is 9.59 Å². The molecule has 0 aromatic heterocycles. The van der Waals surface area contributed by atoms with Crippen molar-refractivity contribution in [1.82, 2.24) is 5.32 Å². The number of hydrogen-bond donors (Lipinski definition) is 5. The molecule has 5 N–H and O–H groups in total. The van der Waals surface area contributed by atoms with Crippen LogP contribution in [0.3, 0.4) is 0 Å². The first-order valence-electron chi connectivity index (χ1n) is 10.0. The molecule has 1 atom stereocenters. The first kappa shape index (κ1) is 27.8. The van der Waals surface area contributed by atoms with Crippen LogP contribution in [0.2, 0.25) is 0 Å². The number of aliphatic carboxylic acids is 2. The molecule has 0 spiro atoms. The Labute approximate surface area is 163 Å². The van der Waals surface area contributed by atoms with Gasteiger partial charge in [0.2, 0.25) is 0 Å². The Kier molecular flexibility index (Phi) is 23.3. The Morgan fingerprint density at radius 1 is 0.889 bits per heavy atom. The first-order chi connectivity index (χ1) is 13.0. The van der Waals surface area contributed by atoms with Crippen LogP contribution in [-0.2, 0) is 9.59 Å². The average molecular weight is 390 g/mol. The van der Waals surface area contributed by atoms with Crippen molar-refractivity contribution in [2.24, 2.45) is 5.92 Å². The Bertz CT molecular complexity index is 369. The van der Waals surface area contributed by atoms with Gasteiger partial charge in [-0.05, 0) is 12.8 Å². The first-order valence-corrected chi connectivity index (χ1v) is 10.0. The monoisotopic (exact) mass is 389 g/mol. The van der Waals surface area contributed by atoms with E-state index >= 15 is 0 Å². The molecule has 0 aliphatic rings. The number of aliphatic hydroxyl groups is 2. The molecule has 0 bridgehead atoms. The highest BCUT2D eigenvalue weighted by atomic mass is 16.4. The minimum Gasteiger partial charge on any atom is -0.481 e. The number of nitrogens with one attached hydrogen (secondary N) is 1. The van der Waals surface area contributed by atoms with Gasteiger partial charge >= 0.3 is 11.9 Å². The van der Waals surface area contributed by atoms with Gasteiger partial charge in [0.25, 0.3) is 0 Å². The topological polar surface area (TPSA) is 127 Å². The van der Waals surface area contributed by atoms with Crippen LogP contribution in [-0.4, -0.2) is 58.7 Å². The van der Waals surface area contributed by atoms with Crippen LogP contribution < -0.4 is 5.32 Å². The van der Waals surface area contributed by atoms with Crippen LogP contribution in [0.4, 0.5) is 0 Å². The maximum Gasteiger partial charge on any atom is 0.310 e. The van der Waals surface area contributed by atoms with Crippen LogP contribution in [0.15, 0.2) is 12.2 Å². The van der Waals surface area contributed by atoms with Crippen molar-refractivity contribution in [1.29, 1.82) is 0 Å². The lowest BCUT2D eigenvalue weighted by Gasteiger charge is -2.03. The second kappa shape index (κ2) is 22.6. The second-order valence-corrected chi connectivity index (χ2v) is 6.43. The highest BCUT2D eigenvalue weighted by molar-refractivity contribution is 5.79. The van der Waals surface area contributed by atoms with E-state index in [0.717, 1.165) is 19.3 Å². The van der Waals surface area contributed by atoms with Crippen LogP contribution in [0, 0.1) is 5.92 Å². The number of carboxylic acid groups (broad SMARTS) is 2. The number of carboxylic acids is 2. The number of allylic oxidation sites excluding steroid dienone is 1. The van der Waals surface area contributed by atoms with Gasteiger partial charge in [-0.25, -0.2) is 0 Å². The third-order valence-corrected chi connectivity index (χ3v) is 3.88. The maximum atomic E-state index is 10.8. The van der Waals surface area contributed by atoms with Crippen molar-refractivity contribution in [3.8, 4) is 0 Å². The lowest BCUT2D eigenvalue weighted by molar-refractivity contribution is -0.146. The van der Waals surface area contributed by atoms with E-state index in [-0.39, 0.29) is 19.6 Å². The molecule has 0 aromatic carbocycles. The number of carbonyl (C=O) groups is 2. The average Bonchev–Trinajstić information content (AvgIpc) is 2.63. The predicted octanol–water partition coefficient (Wildman–Crippen LogP) is 2.81. The molecule has 0 saturated carbocycles. The van der Waals surface area contributed by atoms with E-state index in [0.29, 0.717) is 13.1 Å². The van der Waals surface area contributed by atoms with Crippen LogP contribution in [0.5, 0.6) is 0 Å². The molecule has 0 radical (unpaired) electrons. The van der Waals surface area contributed by atoms with Gasteiger partial charge in [0.05, 0.1) is 25.6 Å². The number of hydrogen-bond acceptors (Lipinski definition) is 5. The maximum absolute atomic E-state index is 10.8. The van der Waals surface area contributed by atoms with Crippen molar-refractivity contribution >= 4 is 11.9 Å². The molecule has 0 aliphatic heterocycles. The summed E-state index contributed by atoms with van der Waals surface area (Å²) in [4.78, 5) is 21.3. The predicted molar refractivity (Wildman–Crippen MR) is 107 cm³/mol. The molecule has 0 fully saturated rings. The number of rotatable bonds is 17. The third kappa shape index (κ3) is 24.6. The molecule has 0 heterocycles. The number of unbranched alkanes of at least 4 members (excludes halogenated alkanes) is 8. The van der Waals surface area contributed by atoms with E-state index < -0.39 is 17.9 Å². The summed E-state index contributed by atoms with van der Waals surface area (Å²) >= 11 is 0. The van der Waals surface area contributed by atoms with Crippen molar-refractivity contribution in [2.45, 2.75) is 71.1 Å². The summed E-state index contributed by atoms with van der Waals surface area (Å²) in [5.74, 6) is -3.05. The normalized spacial score (nSPS) is 11.8. The standard InChI is InChI=1S/C16H28O4.C4H11NO2/c1-2-3-4-5-6-7-8-9-10-11-12-14(16(19)20)13-15(17)18;6-3-1-5-2-4-7/h11-12,14H,2-10,13H2,1H3,(H,17,18)(H,19,20);5-7H,1-4H2. The van der Waals surface area contributed by atoms with Crippen LogP contribution >= 0.6 is 0 Å². The molecule has 0 amide bonds. The molecule has 0 aliphatic carbocycles. The Hall–Kier alpha value is -1.44. The molecule has 7 nitrogen and oxygen atoms in total. The van der Waals surface area contributed by atoms with Gasteiger partial charge < -0.3 is 25.7 Å². The number of aliphatic hydroxyl groups excluding tert-OH is 2. The SMILES string of the molecule is CCCCCCCCCCC=CC(CC(=O)O)C(=O)O.OCCNCCO. The molecule has 160 valence electrons. The van der Waals surface area contributed by atoms with E-state index in [1.807, 2.05) is 0 Å². The fraction of sp³-hybridized carbons (Fsp3) is 0.800. The molecule has 0 saturated heterocycles. The Morgan fingerprint density at radius 3 is 1.85 bits per heavy atom. The summed E-state index contributed by atoms with van der Waals surface area (Å²) in [6, 6.07) is 0. The smallest absolute Gasteiger partial charge is 0.310 e. The summed E-state index contributed by atoms with van der Waals surface area (Å²) in [5, 5.41) is 36.5. The van der Waals surface area contributed by atoms with Gasteiger partial charge in [-0.2, -0.15) is 0 Å². The summed E-state index contributed by atoms with van der Waals surface area (Å²) in [6.07, 6.45) is 13.7. The molecule has 0 aromatic rings. The molecule has 1 unspecified atom stereocenters. The molecule has 0 rings (SSSR count). The van der Waals surface area contributed by atoms with Crippen LogP contribution in [0.1, 0.15) is 71.1 Å². The zero-order chi connectivity index (χ0) is 20.8. The van der Waals surface area contributed by atoms with E-state index in [4.69, 9.17) is 20.4 Å². The lowest BCUT2D eigenvalue weighted by atomic mass is 10.0. The molecule has 27 heavy (non-hydrogen) atoms. The minimum absolute atomic E-state index is 0.139. The second-order valence-electron chi connectivity index (χ2n) is 6.43. The highest BCUT2D eigenvalue weighted by Gasteiger charge is 2.17. The van der Waals surface area contributed by atoms with Gasteiger partial charge in [0.15, 0.2) is 0 Å². The lowest BCUT2D eigenvalue weighted by Crippen LogP contribution is -2.21. The van der Waals surface area contributed by atoms with Gasteiger partial charge in [0.1, 0.15) is 0 Å². The molecule has 7 heteroatoms. The summed E-state index contributed by atoms with van der Waals surface area (Å²) in [6.45, 7) is 3.63. The van der Waals surface area contributed by atoms with Crippen molar-refractivity contribution in [3.05, 3.63) is 12.2 Å². The van der Waals surface area contributed by atoms with Crippen LogP contribution in [0.25, 0.3) is 0 Å². The van der Waals surface area contributed by atoms with E-state index in [2.05, 4.69) is 12.2 Å². The minimum atomic E-state index is -1.07.